The van der Waals surface area contributed by atoms with E-state index in [4.69, 9.17) is 20.7 Å². The molecule has 0 aliphatic carbocycles. The van der Waals surface area contributed by atoms with Crippen LogP contribution in [0.3, 0.4) is 0 Å². The number of hydrogen-bond donors (Lipinski definition) is 2. The largest absolute Gasteiger partial charge is 0.394 e. The van der Waals surface area contributed by atoms with Gasteiger partial charge in [-0.2, -0.15) is 10.5 Å². The summed E-state index contributed by atoms with van der Waals surface area (Å²) in [6.07, 6.45) is 0. The molecule has 0 atom stereocenters. The van der Waals surface area contributed by atoms with Crippen molar-refractivity contribution < 1.29 is 10.2 Å². The average molecular weight is 126 g/mol. The van der Waals surface area contributed by atoms with Gasteiger partial charge >= 0.3 is 0 Å². The highest BCUT2D eigenvalue weighted by Gasteiger charge is 2.27. The second-order valence-electron chi connectivity index (χ2n) is 1.62. The first kappa shape index (κ1) is 7.90. The Morgan fingerprint density at radius 2 is 1.44 bits per heavy atom. The van der Waals surface area contributed by atoms with E-state index in [1.54, 1.807) is 0 Å². The topological polar surface area (TPSA) is 88.0 Å². The fourth-order valence-electron chi connectivity index (χ4n) is 0.216. The predicted molar refractivity (Wildman–Crippen MR) is 27.8 cm³/mol. The van der Waals surface area contributed by atoms with Crippen LogP contribution in [0.15, 0.2) is 0 Å². The Labute approximate surface area is 52.6 Å². The van der Waals surface area contributed by atoms with Crippen molar-refractivity contribution in [3.05, 3.63) is 0 Å². The Morgan fingerprint density at radius 1 is 1.11 bits per heavy atom. The van der Waals surface area contributed by atoms with Crippen molar-refractivity contribution in [2.75, 3.05) is 13.2 Å². The molecule has 48 valence electrons. The lowest BCUT2D eigenvalue weighted by Gasteiger charge is -2.08. The highest BCUT2D eigenvalue weighted by Crippen LogP contribution is 2.10. The molecule has 0 spiro atoms. The molecular formula is C5H6N2O2. The van der Waals surface area contributed by atoms with Crippen LogP contribution >= 0.6 is 0 Å². The predicted octanol–water partition coefficient (Wildman–Crippen LogP) is -0.995. The zero-order valence-electron chi connectivity index (χ0n) is 4.70. The molecule has 4 heteroatoms. The molecule has 4 nitrogen and oxygen atoms in total. The summed E-state index contributed by atoms with van der Waals surface area (Å²) in [5.74, 6) is 0. The molecule has 0 aromatic heterocycles. The molecule has 0 aromatic rings. The molecule has 9 heavy (non-hydrogen) atoms. The number of rotatable bonds is 2. The SMILES string of the molecule is N#CC(C#N)(CO)CO. The minimum atomic E-state index is -1.61. The molecule has 2 N–H and O–H groups in total. The van der Waals surface area contributed by atoms with E-state index in [-0.39, 0.29) is 0 Å². The number of aliphatic hydroxyl groups excluding tert-OH is 2. The van der Waals surface area contributed by atoms with E-state index in [2.05, 4.69) is 0 Å². The minimum absolute atomic E-state index is 0.628. The van der Waals surface area contributed by atoms with Crippen LogP contribution in [0.4, 0.5) is 0 Å². The molecule has 0 aromatic carbocycles. The monoisotopic (exact) mass is 126 g/mol. The van der Waals surface area contributed by atoms with Crippen LogP contribution < -0.4 is 0 Å². The van der Waals surface area contributed by atoms with Crippen molar-refractivity contribution in [2.45, 2.75) is 0 Å². The smallest absolute Gasteiger partial charge is 0.189 e. The van der Waals surface area contributed by atoms with E-state index in [9.17, 15) is 0 Å². The number of nitriles is 2. The van der Waals surface area contributed by atoms with Crippen molar-refractivity contribution in [3.63, 3.8) is 0 Å². The Hall–Kier alpha value is -1.10. The molecule has 0 radical (unpaired) electrons. The summed E-state index contributed by atoms with van der Waals surface area (Å²) in [7, 11) is 0. The third kappa shape index (κ3) is 1.39. The van der Waals surface area contributed by atoms with Crippen molar-refractivity contribution in [1.29, 1.82) is 10.5 Å². The number of nitrogens with zero attached hydrogens (tertiary/aromatic N) is 2. The van der Waals surface area contributed by atoms with E-state index >= 15 is 0 Å². The highest BCUT2D eigenvalue weighted by atomic mass is 16.3. The van der Waals surface area contributed by atoms with Gasteiger partial charge in [-0.05, 0) is 0 Å². The third-order valence-electron chi connectivity index (χ3n) is 0.968. The quantitative estimate of drug-likeness (QED) is 0.497. The van der Waals surface area contributed by atoms with Gasteiger partial charge in [0.2, 0.25) is 0 Å². The van der Waals surface area contributed by atoms with Gasteiger partial charge in [-0.15, -0.1) is 0 Å². The Morgan fingerprint density at radius 3 is 1.44 bits per heavy atom. The van der Waals surface area contributed by atoms with Crippen molar-refractivity contribution >= 4 is 0 Å². The fraction of sp³-hybridized carbons (Fsp3) is 0.600. The summed E-state index contributed by atoms with van der Waals surface area (Å²) < 4.78 is 0. The van der Waals surface area contributed by atoms with Crippen LogP contribution in [0, 0.1) is 28.1 Å². The summed E-state index contributed by atoms with van der Waals surface area (Å²) in [5, 5.41) is 33.1. The maximum Gasteiger partial charge on any atom is 0.189 e. The third-order valence-corrected chi connectivity index (χ3v) is 0.968. The van der Waals surface area contributed by atoms with Crippen molar-refractivity contribution in [2.24, 2.45) is 5.41 Å². The molecule has 0 heterocycles. The van der Waals surface area contributed by atoms with Gasteiger partial charge in [-0.3, -0.25) is 0 Å². The van der Waals surface area contributed by atoms with Gasteiger partial charge in [0.25, 0.3) is 0 Å². The summed E-state index contributed by atoms with van der Waals surface area (Å²) in [5.41, 5.74) is -1.61. The van der Waals surface area contributed by atoms with Crippen LogP contribution in [0.2, 0.25) is 0 Å². The van der Waals surface area contributed by atoms with Gasteiger partial charge in [-0.25, -0.2) is 0 Å². The highest BCUT2D eigenvalue weighted by molar-refractivity contribution is 5.13. The lowest BCUT2D eigenvalue weighted by atomic mass is 9.95. The van der Waals surface area contributed by atoms with Crippen LogP contribution in [-0.2, 0) is 0 Å². The second kappa shape index (κ2) is 3.03. The van der Waals surface area contributed by atoms with Crippen LogP contribution in [0.25, 0.3) is 0 Å². The number of hydrogen-bond acceptors (Lipinski definition) is 4. The first-order valence-electron chi connectivity index (χ1n) is 2.29. The summed E-state index contributed by atoms with van der Waals surface area (Å²) in [6.45, 7) is -1.26. The molecule has 0 saturated heterocycles. The normalized spacial score (nSPS) is 9.78. The zero-order valence-corrected chi connectivity index (χ0v) is 4.70. The van der Waals surface area contributed by atoms with Crippen LogP contribution in [0.5, 0.6) is 0 Å². The first-order valence-corrected chi connectivity index (χ1v) is 2.29. The van der Waals surface area contributed by atoms with Crippen LogP contribution in [0.1, 0.15) is 0 Å². The Bertz CT molecular complexity index is 145. The molecule has 0 aliphatic rings. The van der Waals surface area contributed by atoms with E-state index in [0.29, 0.717) is 0 Å². The first-order chi connectivity index (χ1) is 4.24. The van der Waals surface area contributed by atoms with Gasteiger partial charge in [0.05, 0.1) is 25.4 Å². The lowest BCUT2D eigenvalue weighted by molar-refractivity contribution is 0.139. The summed E-state index contributed by atoms with van der Waals surface area (Å²) in [6, 6.07) is 3.01. The van der Waals surface area contributed by atoms with E-state index < -0.39 is 18.6 Å². The van der Waals surface area contributed by atoms with Gasteiger partial charge < -0.3 is 10.2 Å². The van der Waals surface area contributed by atoms with Gasteiger partial charge in [0.15, 0.2) is 5.41 Å². The van der Waals surface area contributed by atoms with E-state index in [0.717, 1.165) is 0 Å². The number of aliphatic hydroxyl groups is 2. The molecular weight excluding hydrogens is 120 g/mol. The standard InChI is InChI=1S/C5H6N2O2/c6-1-5(2-7,3-8)4-9/h8-9H,3-4H2. The molecule has 0 aliphatic heterocycles. The molecule has 0 amide bonds. The fourth-order valence-corrected chi connectivity index (χ4v) is 0.216. The lowest BCUT2D eigenvalue weighted by Crippen LogP contribution is -2.25. The Kier molecular flexibility index (Phi) is 2.66. The summed E-state index contributed by atoms with van der Waals surface area (Å²) >= 11 is 0. The average Bonchev–Trinajstić information content (AvgIpc) is 1.95. The molecule has 0 rings (SSSR count). The minimum Gasteiger partial charge on any atom is -0.394 e. The van der Waals surface area contributed by atoms with E-state index in [1.807, 2.05) is 0 Å². The van der Waals surface area contributed by atoms with Crippen LogP contribution in [-0.4, -0.2) is 23.4 Å². The molecule has 0 bridgehead atoms. The second-order valence-corrected chi connectivity index (χ2v) is 1.62. The Balaban J connectivity index is 4.28. The van der Waals surface area contributed by atoms with Crippen molar-refractivity contribution in [1.82, 2.24) is 0 Å². The van der Waals surface area contributed by atoms with Gasteiger partial charge in [0.1, 0.15) is 0 Å². The summed E-state index contributed by atoms with van der Waals surface area (Å²) in [4.78, 5) is 0. The molecule has 0 unspecified atom stereocenters. The van der Waals surface area contributed by atoms with Gasteiger partial charge in [0, 0.05) is 0 Å². The molecule has 0 saturated carbocycles. The van der Waals surface area contributed by atoms with Crippen molar-refractivity contribution in [3.8, 4) is 12.1 Å². The van der Waals surface area contributed by atoms with E-state index in [1.165, 1.54) is 12.1 Å². The van der Waals surface area contributed by atoms with Gasteiger partial charge in [-0.1, -0.05) is 0 Å². The molecule has 0 fully saturated rings. The maximum absolute atomic E-state index is 8.37. The zero-order chi connectivity index (χ0) is 7.33. The maximum atomic E-state index is 8.37.